The number of rotatable bonds is 6. The van der Waals surface area contributed by atoms with E-state index in [9.17, 15) is 18.3 Å². The molecule has 2 aromatic rings. The summed E-state index contributed by atoms with van der Waals surface area (Å²) in [5.41, 5.74) is 1.44. The Balaban J connectivity index is 2.17. The highest BCUT2D eigenvalue weighted by Gasteiger charge is 2.24. The topological polar surface area (TPSA) is 109 Å². The lowest BCUT2D eigenvalue weighted by atomic mass is 9.85. The summed E-state index contributed by atoms with van der Waals surface area (Å²) in [5.74, 6) is -0.675. The molecule has 7 heteroatoms. The summed E-state index contributed by atoms with van der Waals surface area (Å²) in [5, 5.41) is 17.9. The molecule has 0 heterocycles. The number of hydrogen-bond donors (Lipinski definition) is 3. The van der Waals surface area contributed by atoms with E-state index in [4.69, 9.17) is 5.14 Å². The zero-order valence-electron chi connectivity index (χ0n) is 13.6. The second-order valence-electron chi connectivity index (χ2n) is 6.29. The van der Waals surface area contributed by atoms with Crippen molar-refractivity contribution in [3.63, 3.8) is 0 Å². The van der Waals surface area contributed by atoms with Gasteiger partial charge in [-0.3, -0.25) is 0 Å². The van der Waals surface area contributed by atoms with Crippen LogP contribution in [-0.2, 0) is 10.0 Å². The van der Waals surface area contributed by atoms with Crippen molar-refractivity contribution in [3.8, 4) is 11.1 Å². The van der Waals surface area contributed by atoms with Gasteiger partial charge in [0.2, 0.25) is 10.0 Å². The zero-order chi connectivity index (χ0) is 18.0. The lowest BCUT2D eigenvalue weighted by Gasteiger charge is -2.27. The SMILES string of the molecule is NS(=O)(=O)c1cc(C(=O)O)cc(NCC2CCC2)c1-c1ccccc1. The summed E-state index contributed by atoms with van der Waals surface area (Å²) < 4.78 is 24.2. The van der Waals surface area contributed by atoms with Crippen LogP contribution in [-0.4, -0.2) is 26.0 Å². The first-order chi connectivity index (χ1) is 11.9. The number of aromatic carboxylic acids is 1. The Hall–Kier alpha value is -2.38. The van der Waals surface area contributed by atoms with E-state index >= 15 is 0 Å². The molecule has 25 heavy (non-hydrogen) atoms. The van der Waals surface area contributed by atoms with E-state index < -0.39 is 16.0 Å². The van der Waals surface area contributed by atoms with Crippen LogP contribution in [0.1, 0.15) is 29.6 Å². The molecule has 0 atom stereocenters. The van der Waals surface area contributed by atoms with Gasteiger partial charge in [-0.1, -0.05) is 36.8 Å². The summed E-state index contributed by atoms with van der Waals surface area (Å²) in [4.78, 5) is 11.2. The molecule has 1 saturated carbocycles. The number of hydrogen-bond acceptors (Lipinski definition) is 4. The van der Waals surface area contributed by atoms with Crippen LogP contribution in [0.2, 0.25) is 0 Å². The molecule has 0 amide bonds. The molecule has 0 bridgehead atoms. The van der Waals surface area contributed by atoms with Crippen molar-refractivity contribution in [3.05, 3.63) is 48.0 Å². The Labute approximate surface area is 146 Å². The Morgan fingerprint density at radius 3 is 2.40 bits per heavy atom. The molecule has 0 saturated heterocycles. The first-order valence-corrected chi connectivity index (χ1v) is 9.64. The molecule has 0 aliphatic heterocycles. The van der Waals surface area contributed by atoms with Crippen LogP contribution < -0.4 is 10.5 Å². The molecule has 1 aliphatic carbocycles. The Morgan fingerprint density at radius 1 is 1.20 bits per heavy atom. The highest BCUT2D eigenvalue weighted by molar-refractivity contribution is 7.89. The predicted molar refractivity (Wildman–Crippen MR) is 96.0 cm³/mol. The monoisotopic (exact) mass is 360 g/mol. The summed E-state index contributed by atoms with van der Waals surface area (Å²) in [7, 11) is -4.09. The quantitative estimate of drug-likeness (QED) is 0.734. The first-order valence-electron chi connectivity index (χ1n) is 8.09. The van der Waals surface area contributed by atoms with E-state index in [1.807, 2.05) is 6.07 Å². The predicted octanol–water partition coefficient (Wildman–Crippen LogP) is 2.91. The van der Waals surface area contributed by atoms with Gasteiger partial charge >= 0.3 is 5.97 Å². The highest BCUT2D eigenvalue weighted by Crippen LogP contribution is 2.36. The molecule has 132 valence electrons. The number of carboxylic acid groups (broad SMARTS) is 1. The lowest BCUT2D eigenvalue weighted by Crippen LogP contribution is -2.22. The number of benzene rings is 2. The van der Waals surface area contributed by atoms with Gasteiger partial charge in [-0.2, -0.15) is 0 Å². The van der Waals surface area contributed by atoms with E-state index in [-0.39, 0.29) is 10.5 Å². The molecule has 4 N–H and O–H groups in total. The second kappa shape index (κ2) is 6.85. The van der Waals surface area contributed by atoms with Crippen molar-refractivity contribution in [2.75, 3.05) is 11.9 Å². The maximum absolute atomic E-state index is 12.1. The van der Waals surface area contributed by atoms with Crippen LogP contribution in [0.3, 0.4) is 0 Å². The fraction of sp³-hybridized carbons (Fsp3) is 0.278. The standard InChI is InChI=1S/C18H20N2O4S/c19-25(23,24)16-10-14(18(21)22)9-15(20-11-12-5-4-6-12)17(16)13-7-2-1-3-8-13/h1-3,7-10,12,20H,4-6,11H2,(H,21,22)(H2,19,23,24). The summed E-state index contributed by atoms with van der Waals surface area (Å²) >= 11 is 0. The Morgan fingerprint density at radius 2 is 1.88 bits per heavy atom. The number of nitrogens with two attached hydrogens (primary N) is 1. The van der Waals surface area contributed by atoms with Crippen molar-refractivity contribution in [2.45, 2.75) is 24.2 Å². The molecule has 6 nitrogen and oxygen atoms in total. The van der Waals surface area contributed by atoms with E-state index in [2.05, 4.69) is 5.32 Å². The molecule has 1 aliphatic rings. The number of sulfonamides is 1. The van der Waals surface area contributed by atoms with E-state index in [1.54, 1.807) is 24.3 Å². The average molecular weight is 360 g/mol. The fourth-order valence-corrected chi connectivity index (χ4v) is 3.76. The third-order valence-corrected chi connectivity index (χ3v) is 5.46. The van der Waals surface area contributed by atoms with Gasteiger partial charge in [-0.25, -0.2) is 18.4 Å². The van der Waals surface area contributed by atoms with Gasteiger partial charge in [0.25, 0.3) is 0 Å². The third kappa shape index (κ3) is 3.83. The van der Waals surface area contributed by atoms with Gasteiger partial charge in [-0.05, 0) is 36.5 Å². The van der Waals surface area contributed by atoms with E-state index in [0.29, 0.717) is 29.3 Å². The molecule has 2 aromatic carbocycles. The van der Waals surface area contributed by atoms with Gasteiger partial charge in [-0.15, -0.1) is 0 Å². The second-order valence-corrected chi connectivity index (χ2v) is 7.82. The zero-order valence-corrected chi connectivity index (χ0v) is 14.4. The minimum Gasteiger partial charge on any atom is -0.478 e. The van der Waals surface area contributed by atoms with Crippen molar-refractivity contribution in [1.29, 1.82) is 0 Å². The average Bonchev–Trinajstić information content (AvgIpc) is 2.52. The van der Waals surface area contributed by atoms with Gasteiger partial charge < -0.3 is 10.4 Å². The maximum atomic E-state index is 12.1. The lowest BCUT2D eigenvalue weighted by molar-refractivity contribution is 0.0696. The van der Waals surface area contributed by atoms with Crippen LogP contribution in [0.15, 0.2) is 47.4 Å². The van der Waals surface area contributed by atoms with E-state index in [0.717, 1.165) is 18.9 Å². The van der Waals surface area contributed by atoms with Crippen molar-refractivity contribution in [1.82, 2.24) is 0 Å². The molecule has 0 radical (unpaired) electrons. The Bertz CT molecular complexity index is 891. The molecular formula is C18H20N2O4S. The number of primary sulfonamides is 1. The van der Waals surface area contributed by atoms with Gasteiger partial charge in [0.15, 0.2) is 0 Å². The third-order valence-electron chi connectivity index (χ3n) is 4.52. The summed E-state index contributed by atoms with van der Waals surface area (Å²) in [6.45, 7) is 0.674. The largest absolute Gasteiger partial charge is 0.478 e. The van der Waals surface area contributed by atoms with Crippen LogP contribution >= 0.6 is 0 Å². The number of carboxylic acids is 1. The molecule has 3 rings (SSSR count). The van der Waals surface area contributed by atoms with Gasteiger partial charge in [0, 0.05) is 17.8 Å². The normalized spacial score (nSPS) is 14.8. The maximum Gasteiger partial charge on any atom is 0.335 e. The molecule has 0 unspecified atom stereocenters. The summed E-state index contributed by atoms with van der Waals surface area (Å²) in [6.07, 6.45) is 3.43. The van der Waals surface area contributed by atoms with Crippen LogP contribution in [0.4, 0.5) is 5.69 Å². The van der Waals surface area contributed by atoms with Crippen molar-refractivity contribution >= 4 is 21.7 Å². The van der Waals surface area contributed by atoms with Crippen LogP contribution in [0.5, 0.6) is 0 Å². The molecular weight excluding hydrogens is 340 g/mol. The minimum absolute atomic E-state index is 0.111. The summed E-state index contributed by atoms with van der Waals surface area (Å²) in [6, 6.07) is 11.6. The van der Waals surface area contributed by atoms with Crippen molar-refractivity contribution < 1.29 is 18.3 Å². The first kappa shape index (κ1) is 17.4. The van der Waals surface area contributed by atoms with Crippen molar-refractivity contribution in [2.24, 2.45) is 11.1 Å². The van der Waals surface area contributed by atoms with E-state index in [1.165, 1.54) is 12.5 Å². The smallest absolute Gasteiger partial charge is 0.335 e. The number of anilines is 1. The Kier molecular flexibility index (Phi) is 4.78. The van der Waals surface area contributed by atoms with Gasteiger partial charge in [0.1, 0.15) is 0 Å². The number of nitrogens with one attached hydrogen (secondary N) is 1. The minimum atomic E-state index is -4.09. The van der Waals surface area contributed by atoms with Gasteiger partial charge in [0.05, 0.1) is 10.5 Å². The highest BCUT2D eigenvalue weighted by atomic mass is 32.2. The number of carbonyl (C=O) groups is 1. The van der Waals surface area contributed by atoms with Crippen LogP contribution in [0.25, 0.3) is 11.1 Å². The molecule has 1 fully saturated rings. The molecule has 0 spiro atoms. The van der Waals surface area contributed by atoms with Crippen LogP contribution in [0, 0.1) is 5.92 Å². The fourth-order valence-electron chi connectivity index (χ4n) is 2.96. The molecule has 0 aromatic heterocycles.